The van der Waals surface area contributed by atoms with E-state index in [-0.39, 0.29) is 23.0 Å². The number of benzene rings is 3. The first-order valence-electron chi connectivity index (χ1n) is 14.2. The summed E-state index contributed by atoms with van der Waals surface area (Å²) in [7, 11) is 0.440. The highest BCUT2D eigenvalue weighted by Crippen LogP contribution is 2.41. The largest absolute Gasteiger partial charge is 0.497 e. The fraction of sp³-hybridized carbons (Fsp3) is 0.273. The van der Waals surface area contributed by atoms with Crippen molar-refractivity contribution in [2.75, 3.05) is 25.6 Å². The third-order valence-corrected chi connectivity index (χ3v) is 9.96. The number of aromatic nitrogens is 2. The molecule has 1 aliphatic carbocycles. The van der Waals surface area contributed by atoms with Gasteiger partial charge in [0.2, 0.25) is 0 Å². The first-order valence-corrected chi connectivity index (χ1v) is 15.7. The van der Waals surface area contributed by atoms with Gasteiger partial charge in [-0.1, -0.05) is 6.42 Å². The van der Waals surface area contributed by atoms with Crippen molar-refractivity contribution in [2.45, 2.75) is 43.5 Å². The van der Waals surface area contributed by atoms with E-state index in [0.717, 1.165) is 22.7 Å². The molecular formula is C33H33N3O7S. The Hall–Kier alpha value is -4.77. The van der Waals surface area contributed by atoms with E-state index in [1.807, 2.05) is 19.1 Å². The quantitative estimate of drug-likeness (QED) is 0.189. The van der Waals surface area contributed by atoms with Crippen LogP contribution < -0.4 is 24.1 Å². The summed E-state index contributed by atoms with van der Waals surface area (Å²) in [5.41, 5.74) is 3.80. The van der Waals surface area contributed by atoms with Crippen molar-refractivity contribution in [3.8, 4) is 22.9 Å². The van der Waals surface area contributed by atoms with Gasteiger partial charge in [-0.3, -0.25) is 9.36 Å². The molecule has 0 radical (unpaired) electrons. The molecule has 0 atom stereocenters. The lowest BCUT2D eigenvalue weighted by Crippen LogP contribution is -2.31. The Morgan fingerprint density at radius 1 is 0.955 bits per heavy atom. The molecule has 5 aromatic rings. The van der Waals surface area contributed by atoms with Gasteiger partial charge in [-0.2, -0.15) is 0 Å². The highest BCUT2D eigenvalue weighted by atomic mass is 32.2. The maximum atomic E-state index is 14.2. The van der Waals surface area contributed by atoms with Crippen molar-refractivity contribution >= 4 is 26.9 Å². The summed E-state index contributed by atoms with van der Waals surface area (Å²) in [6, 6.07) is 16.8. The number of ether oxygens (including phenoxy) is 3. The van der Waals surface area contributed by atoms with E-state index in [2.05, 4.69) is 4.98 Å². The van der Waals surface area contributed by atoms with E-state index < -0.39 is 10.0 Å². The van der Waals surface area contributed by atoms with Crippen LogP contribution in [0.4, 0.5) is 6.01 Å². The average Bonchev–Trinajstić information content (AvgIpc) is 3.54. The fourth-order valence-corrected chi connectivity index (χ4v) is 7.05. The Morgan fingerprint density at radius 3 is 2.41 bits per heavy atom. The number of hydrogen-bond donors (Lipinski definition) is 0. The standard InChI is InChI=1S/C33H33N3O7S/c1-21-16-29(31(42-4)19-27(21)22-6-5-7-22)36-28-12-11-26(17-23(28)9-13-32(36)37)44(38,39)35(33-34-14-15-43-33)20-24-8-10-25(40-2)18-30(24)41-3/h8-19,22H,5-7,20H2,1-4H3. The molecule has 0 bridgehead atoms. The third kappa shape index (κ3) is 5.17. The number of rotatable bonds is 10. The molecule has 0 unspecified atom stereocenters. The monoisotopic (exact) mass is 615 g/mol. The molecule has 10 nitrogen and oxygen atoms in total. The number of hydrogen-bond acceptors (Lipinski definition) is 8. The van der Waals surface area contributed by atoms with Crippen molar-refractivity contribution in [1.29, 1.82) is 0 Å². The second-order valence-corrected chi connectivity index (χ2v) is 12.6. The lowest BCUT2D eigenvalue weighted by atomic mass is 9.78. The van der Waals surface area contributed by atoms with Gasteiger partial charge in [-0.25, -0.2) is 17.7 Å². The number of oxazole rings is 1. The summed E-state index contributed by atoms with van der Waals surface area (Å²) in [5, 5.41) is 0.558. The van der Waals surface area contributed by atoms with E-state index in [0.29, 0.717) is 45.3 Å². The molecular weight excluding hydrogens is 582 g/mol. The summed E-state index contributed by atoms with van der Waals surface area (Å²) < 4.78 is 53.0. The predicted molar refractivity (Wildman–Crippen MR) is 167 cm³/mol. The molecule has 228 valence electrons. The number of nitrogens with zero attached hydrogens (tertiary/aromatic N) is 3. The van der Waals surface area contributed by atoms with E-state index in [4.69, 9.17) is 18.6 Å². The van der Waals surface area contributed by atoms with Gasteiger partial charge in [0.25, 0.3) is 15.6 Å². The minimum atomic E-state index is -4.19. The van der Waals surface area contributed by atoms with Gasteiger partial charge in [0.1, 0.15) is 23.5 Å². The number of aryl methyl sites for hydroxylation is 1. The lowest BCUT2D eigenvalue weighted by Gasteiger charge is -2.28. The molecule has 0 aliphatic heterocycles. The van der Waals surface area contributed by atoms with Crippen LogP contribution in [-0.4, -0.2) is 39.3 Å². The lowest BCUT2D eigenvalue weighted by molar-refractivity contribution is 0.391. The molecule has 6 rings (SSSR count). The van der Waals surface area contributed by atoms with Gasteiger partial charge in [0.05, 0.1) is 50.2 Å². The summed E-state index contributed by atoms with van der Waals surface area (Å²) in [6.07, 6.45) is 6.19. The molecule has 44 heavy (non-hydrogen) atoms. The van der Waals surface area contributed by atoms with Crippen molar-refractivity contribution in [3.05, 3.63) is 100 Å². The van der Waals surface area contributed by atoms with Crippen LogP contribution in [0.2, 0.25) is 0 Å². The molecule has 1 saturated carbocycles. The second kappa shape index (κ2) is 11.7. The van der Waals surface area contributed by atoms with Crippen LogP contribution in [-0.2, 0) is 16.6 Å². The molecule has 3 aromatic carbocycles. The number of methoxy groups -OCH3 is 3. The van der Waals surface area contributed by atoms with E-state index in [1.165, 1.54) is 43.7 Å². The molecule has 1 aliphatic rings. The maximum absolute atomic E-state index is 14.2. The summed E-state index contributed by atoms with van der Waals surface area (Å²) in [5.74, 6) is 2.11. The Morgan fingerprint density at radius 2 is 1.75 bits per heavy atom. The van der Waals surface area contributed by atoms with Crippen molar-refractivity contribution < 1.29 is 27.0 Å². The van der Waals surface area contributed by atoms with Gasteiger partial charge in [-0.15, -0.1) is 0 Å². The minimum Gasteiger partial charge on any atom is -0.497 e. The van der Waals surface area contributed by atoms with Crippen LogP contribution in [0.15, 0.2) is 87.2 Å². The molecule has 11 heteroatoms. The summed E-state index contributed by atoms with van der Waals surface area (Å²) in [4.78, 5) is 17.4. The zero-order valence-corrected chi connectivity index (χ0v) is 25.8. The van der Waals surface area contributed by atoms with Crippen LogP contribution in [0.1, 0.15) is 41.9 Å². The topological polar surface area (TPSA) is 113 Å². The predicted octanol–water partition coefficient (Wildman–Crippen LogP) is 5.98. The highest BCUT2D eigenvalue weighted by molar-refractivity contribution is 7.92. The first kappa shape index (κ1) is 29.3. The normalized spacial score (nSPS) is 13.5. The van der Waals surface area contributed by atoms with Crippen LogP contribution >= 0.6 is 0 Å². The SMILES string of the molecule is COc1ccc(CN(c2ncco2)S(=O)(=O)c2ccc3c(ccc(=O)n3-c3cc(C)c(C4CCC4)cc3OC)c2)c(OC)c1. The molecule has 0 saturated heterocycles. The second-order valence-electron chi connectivity index (χ2n) is 10.7. The van der Waals surface area contributed by atoms with Crippen LogP contribution in [0, 0.1) is 6.92 Å². The van der Waals surface area contributed by atoms with Crippen molar-refractivity contribution in [2.24, 2.45) is 0 Å². The van der Waals surface area contributed by atoms with Gasteiger partial charge >= 0.3 is 6.01 Å². The smallest absolute Gasteiger partial charge is 0.311 e. The van der Waals surface area contributed by atoms with Crippen LogP contribution in [0.3, 0.4) is 0 Å². The fourth-order valence-electron chi connectivity index (χ4n) is 5.68. The van der Waals surface area contributed by atoms with Crippen LogP contribution in [0.5, 0.6) is 17.2 Å². The highest BCUT2D eigenvalue weighted by Gasteiger charge is 2.30. The zero-order chi connectivity index (χ0) is 31.0. The maximum Gasteiger partial charge on any atom is 0.311 e. The minimum absolute atomic E-state index is 0.00403. The Bertz CT molecular complexity index is 2000. The molecule has 0 spiro atoms. The Kier molecular flexibility index (Phi) is 7.81. The number of sulfonamides is 1. The number of anilines is 1. The molecule has 0 N–H and O–H groups in total. The van der Waals surface area contributed by atoms with Crippen molar-refractivity contribution in [3.63, 3.8) is 0 Å². The number of pyridine rings is 1. The number of fused-ring (bicyclic) bond motifs is 1. The Balaban J connectivity index is 1.44. The van der Waals surface area contributed by atoms with Gasteiger partial charge < -0.3 is 18.6 Å². The van der Waals surface area contributed by atoms with Gasteiger partial charge in [0, 0.05) is 23.1 Å². The third-order valence-electron chi connectivity index (χ3n) is 8.25. The average molecular weight is 616 g/mol. The van der Waals surface area contributed by atoms with Gasteiger partial charge in [0.15, 0.2) is 0 Å². The molecule has 2 aromatic heterocycles. The molecule has 2 heterocycles. The van der Waals surface area contributed by atoms with Crippen LogP contribution in [0.25, 0.3) is 16.6 Å². The van der Waals surface area contributed by atoms with E-state index in [9.17, 15) is 13.2 Å². The van der Waals surface area contributed by atoms with E-state index >= 15 is 0 Å². The first-order chi connectivity index (χ1) is 21.2. The van der Waals surface area contributed by atoms with Gasteiger partial charge in [-0.05, 0) is 85.3 Å². The Labute approximate surface area is 255 Å². The zero-order valence-electron chi connectivity index (χ0n) is 24.9. The summed E-state index contributed by atoms with van der Waals surface area (Å²) >= 11 is 0. The molecule has 1 fully saturated rings. The summed E-state index contributed by atoms with van der Waals surface area (Å²) in [6.45, 7) is 1.93. The molecule has 0 amide bonds. The van der Waals surface area contributed by atoms with Crippen molar-refractivity contribution in [1.82, 2.24) is 9.55 Å². The van der Waals surface area contributed by atoms with E-state index in [1.54, 1.807) is 55.2 Å².